The van der Waals surface area contributed by atoms with Gasteiger partial charge < -0.3 is 19.9 Å². The number of guanidine groups is 1. The van der Waals surface area contributed by atoms with Gasteiger partial charge in [0.25, 0.3) is 0 Å². The summed E-state index contributed by atoms with van der Waals surface area (Å²) in [7, 11) is 1.79. The molecule has 0 saturated carbocycles. The van der Waals surface area contributed by atoms with Gasteiger partial charge in [0.2, 0.25) is 0 Å². The Morgan fingerprint density at radius 1 is 1.11 bits per heavy atom. The molecule has 2 N–H and O–H groups in total. The average molecular weight is 498 g/mol. The Kier molecular flexibility index (Phi) is 10.1. The molecule has 7 nitrogen and oxygen atoms in total. The standard InChI is InChI=1S/C20H30N6O.HI/c1-21-20(22-13-8-16-27-17-9-4-2-5-10-17)23-14-12-19-25-24-18-11-6-3-7-15-26(18)19;/h2,4-5,9-10H,3,6-8,11-16H2,1H3,(H2,21,22,23);1H. The lowest BCUT2D eigenvalue weighted by Crippen LogP contribution is -2.39. The van der Waals surface area contributed by atoms with Crippen LogP contribution in [-0.2, 0) is 19.4 Å². The van der Waals surface area contributed by atoms with E-state index in [1.54, 1.807) is 7.05 Å². The zero-order chi connectivity index (χ0) is 18.7. The van der Waals surface area contributed by atoms with Crippen molar-refractivity contribution in [1.82, 2.24) is 25.4 Å². The smallest absolute Gasteiger partial charge is 0.190 e. The number of nitrogens with one attached hydrogen (secondary N) is 2. The molecule has 0 atom stereocenters. The Hall–Kier alpha value is -1.84. The molecule has 0 bridgehead atoms. The van der Waals surface area contributed by atoms with Crippen LogP contribution in [0.2, 0.25) is 0 Å². The van der Waals surface area contributed by atoms with Crippen LogP contribution in [0.5, 0.6) is 5.75 Å². The first-order valence-corrected chi connectivity index (χ1v) is 9.90. The van der Waals surface area contributed by atoms with Crippen molar-refractivity contribution in [2.24, 2.45) is 4.99 Å². The number of aromatic nitrogens is 3. The maximum atomic E-state index is 5.70. The van der Waals surface area contributed by atoms with E-state index in [4.69, 9.17) is 4.74 Å². The first-order chi connectivity index (χ1) is 13.4. The summed E-state index contributed by atoms with van der Waals surface area (Å²) in [4.78, 5) is 4.28. The number of para-hydroxylation sites is 1. The van der Waals surface area contributed by atoms with Gasteiger partial charge in [0, 0.05) is 39.5 Å². The average Bonchev–Trinajstić information content (AvgIpc) is 2.93. The van der Waals surface area contributed by atoms with E-state index in [1.165, 1.54) is 19.3 Å². The Morgan fingerprint density at radius 3 is 2.75 bits per heavy atom. The van der Waals surface area contributed by atoms with Crippen molar-refractivity contribution in [3.8, 4) is 5.75 Å². The molecule has 3 rings (SSSR count). The van der Waals surface area contributed by atoms with E-state index in [-0.39, 0.29) is 24.0 Å². The van der Waals surface area contributed by atoms with E-state index in [2.05, 4.69) is 30.4 Å². The number of hydrogen-bond donors (Lipinski definition) is 2. The van der Waals surface area contributed by atoms with Gasteiger partial charge in [-0.15, -0.1) is 34.2 Å². The molecule has 0 radical (unpaired) electrons. The molecule has 0 fully saturated rings. The molecule has 1 aliphatic heterocycles. The predicted octanol–water partition coefficient (Wildman–Crippen LogP) is 2.80. The number of halogens is 1. The molecule has 1 aliphatic rings. The summed E-state index contributed by atoms with van der Waals surface area (Å²) in [6.07, 6.45) is 6.54. The Morgan fingerprint density at radius 2 is 1.93 bits per heavy atom. The lowest BCUT2D eigenvalue weighted by Gasteiger charge is -2.12. The minimum atomic E-state index is 0. The maximum Gasteiger partial charge on any atom is 0.190 e. The molecule has 154 valence electrons. The van der Waals surface area contributed by atoms with Crippen LogP contribution in [0.3, 0.4) is 0 Å². The van der Waals surface area contributed by atoms with Crippen LogP contribution in [0.4, 0.5) is 0 Å². The van der Waals surface area contributed by atoms with Crippen molar-refractivity contribution in [3.05, 3.63) is 42.0 Å². The predicted molar refractivity (Wildman–Crippen MR) is 123 cm³/mol. The van der Waals surface area contributed by atoms with Gasteiger partial charge in [-0.1, -0.05) is 24.6 Å². The summed E-state index contributed by atoms with van der Waals surface area (Å²) in [6, 6.07) is 9.89. The topological polar surface area (TPSA) is 76.4 Å². The molecule has 2 aromatic rings. The van der Waals surface area contributed by atoms with Crippen molar-refractivity contribution < 1.29 is 4.74 Å². The number of ether oxygens (including phenoxy) is 1. The number of rotatable bonds is 8. The fourth-order valence-electron chi connectivity index (χ4n) is 3.23. The van der Waals surface area contributed by atoms with Crippen LogP contribution in [0.25, 0.3) is 0 Å². The van der Waals surface area contributed by atoms with Crippen LogP contribution in [0.1, 0.15) is 37.3 Å². The highest BCUT2D eigenvalue weighted by molar-refractivity contribution is 14.0. The summed E-state index contributed by atoms with van der Waals surface area (Å²) in [5.41, 5.74) is 0. The van der Waals surface area contributed by atoms with Crippen molar-refractivity contribution in [1.29, 1.82) is 0 Å². The third kappa shape index (κ3) is 6.96. The van der Waals surface area contributed by atoms with Crippen LogP contribution in [0, 0.1) is 0 Å². The monoisotopic (exact) mass is 498 g/mol. The molecular formula is C20H31IN6O. The van der Waals surface area contributed by atoms with Gasteiger partial charge >= 0.3 is 0 Å². The second-order valence-electron chi connectivity index (χ2n) is 6.69. The highest BCUT2D eigenvalue weighted by atomic mass is 127. The Balaban J connectivity index is 0.00000280. The third-order valence-electron chi connectivity index (χ3n) is 4.68. The number of aliphatic imine (C=N–C) groups is 1. The quantitative estimate of drug-likeness (QED) is 0.254. The summed E-state index contributed by atoms with van der Waals surface area (Å²) in [5, 5.41) is 15.4. The van der Waals surface area contributed by atoms with Crippen LogP contribution in [0.15, 0.2) is 35.3 Å². The summed E-state index contributed by atoms with van der Waals surface area (Å²) in [5.74, 6) is 3.94. The van der Waals surface area contributed by atoms with Gasteiger partial charge in [-0.2, -0.15) is 0 Å². The fraction of sp³-hybridized carbons (Fsp3) is 0.550. The van der Waals surface area contributed by atoms with Gasteiger partial charge in [0.15, 0.2) is 5.96 Å². The second kappa shape index (κ2) is 12.6. The summed E-state index contributed by atoms with van der Waals surface area (Å²) in [6.45, 7) is 3.33. The summed E-state index contributed by atoms with van der Waals surface area (Å²) < 4.78 is 7.99. The first kappa shape index (κ1) is 22.4. The van der Waals surface area contributed by atoms with E-state index >= 15 is 0 Å². The highest BCUT2D eigenvalue weighted by Crippen LogP contribution is 2.14. The van der Waals surface area contributed by atoms with Crippen molar-refractivity contribution in [2.45, 2.75) is 45.1 Å². The Labute approximate surface area is 184 Å². The number of aryl methyl sites for hydroxylation is 1. The molecule has 1 aromatic carbocycles. The molecule has 8 heteroatoms. The number of hydrogen-bond acceptors (Lipinski definition) is 4. The zero-order valence-electron chi connectivity index (χ0n) is 16.6. The number of benzene rings is 1. The van der Waals surface area contributed by atoms with Crippen molar-refractivity contribution in [3.63, 3.8) is 0 Å². The van der Waals surface area contributed by atoms with Crippen molar-refractivity contribution >= 4 is 29.9 Å². The van der Waals surface area contributed by atoms with Gasteiger partial charge in [0.1, 0.15) is 17.4 Å². The summed E-state index contributed by atoms with van der Waals surface area (Å²) >= 11 is 0. The number of fused-ring (bicyclic) bond motifs is 1. The fourth-order valence-corrected chi connectivity index (χ4v) is 3.23. The molecule has 0 unspecified atom stereocenters. The lowest BCUT2D eigenvalue weighted by molar-refractivity contribution is 0.311. The van der Waals surface area contributed by atoms with Gasteiger partial charge in [-0.05, 0) is 31.4 Å². The second-order valence-corrected chi connectivity index (χ2v) is 6.69. The van der Waals surface area contributed by atoms with E-state index in [1.807, 2.05) is 30.3 Å². The molecule has 1 aromatic heterocycles. The molecule has 0 aliphatic carbocycles. The minimum absolute atomic E-state index is 0. The van der Waals surface area contributed by atoms with Crippen molar-refractivity contribution in [2.75, 3.05) is 26.7 Å². The molecule has 28 heavy (non-hydrogen) atoms. The largest absolute Gasteiger partial charge is 0.494 e. The SMILES string of the molecule is CN=C(NCCCOc1ccccc1)NCCc1nnc2n1CCCCC2.I. The minimum Gasteiger partial charge on any atom is -0.494 e. The van der Waals surface area contributed by atoms with E-state index < -0.39 is 0 Å². The molecule has 0 amide bonds. The van der Waals surface area contributed by atoms with Gasteiger partial charge in [0.05, 0.1) is 6.61 Å². The zero-order valence-corrected chi connectivity index (χ0v) is 18.9. The highest BCUT2D eigenvalue weighted by Gasteiger charge is 2.14. The Bertz CT molecular complexity index is 719. The first-order valence-electron chi connectivity index (χ1n) is 9.90. The van der Waals surface area contributed by atoms with Gasteiger partial charge in [-0.3, -0.25) is 4.99 Å². The van der Waals surface area contributed by atoms with E-state index in [9.17, 15) is 0 Å². The van der Waals surface area contributed by atoms with Crippen LogP contribution >= 0.6 is 24.0 Å². The molecule has 0 saturated heterocycles. The molecule has 0 spiro atoms. The molecular weight excluding hydrogens is 467 g/mol. The maximum absolute atomic E-state index is 5.70. The van der Waals surface area contributed by atoms with Crippen LogP contribution in [-0.4, -0.2) is 47.5 Å². The molecule has 2 heterocycles. The third-order valence-corrected chi connectivity index (χ3v) is 4.68. The lowest BCUT2D eigenvalue weighted by atomic mass is 10.2. The normalized spacial score (nSPS) is 13.8. The van der Waals surface area contributed by atoms with E-state index in [0.717, 1.165) is 62.3 Å². The van der Waals surface area contributed by atoms with E-state index in [0.29, 0.717) is 6.61 Å². The van der Waals surface area contributed by atoms with Crippen LogP contribution < -0.4 is 15.4 Å². The number of nitrogens with zero attached hydrogens (tertiary/aromatic N) is 4. The van der Waals surface area contributed by atoms with Gasteiger partial charge in [-0.25, -0.2) is 0 Å².